The van der Waals surface area contributed by atoms with E-state index in [0.717, 1.165) is 11.5 Å². The van der Waals surface area contributed by atoms with E-state index < -0.39 is 6.80 Å². The maximum absolute atomic E-state index is 11.5. The summed E-state index contributed by atoms with van der Waals surface area (Å²) in [5, 5.41) is 0. The first-order valence-corrected chi connectivity index (χ1v) is 9.13. The first-order chi connectivity index (χ1) is 6.08. The summed E-state index contributed by atoms with van der Waals surface area (Å²) in [6.07, 6.45) is 2.21. The van der Waals surface area contributed by atoms with Crippen molar-refractivity contribution < 1.29 is 13.6 Å². The Morgan fingerprint density at radius 1 is 1.38 bits per heavy atom. The first-order valence-electron chi connectivity index (χ1n) is 4.03. The molecule has 0 fully saturated rings. The van der Waals surface area contributed by atoms with Crippen LogP contribution in [0.2, 0.25) is 0 Å². The van der Waals surface area contributed by atoms with Crippen LogP contribution >= 0.6 is 18.2 Å². The van der Waals surface area contributed by atoms with Crippen LogP contribution < -0.4 is 0 Å². The SMILES string of the molecule is CC[S+](C)CCSP(=O)(OC)OC. The third-order valence-corrected chi connectivity index (χ3v) is 7.75. The molecule has 0 aliphatic carbocycles. The molecule has 0 aromatic rings. The number of hydrogen-bond donors (Lipinski definition) is 0. The Morgan fingerprint density at radius 2 is 1.92 bits per heavy atom. The Hall–Kier alpha value is 0.850. The number of hydrogen-bond acceptors (Lipinski definition) is 4. The zero-order valence-corrected chi connectivity index (χ0v) is 11.1. The molecule has 13 heavy (non-hydrogen) atoms. The van der Waals surface area contributed by atoms with E-state index in [9.17, 15) is 4.57 Å². The first kappa shape index (κ1) is 13.8. The highest BCUT2D eigenvalue weighted by molar-refractivity contribution is 8.55. The molecule has 1 atom stereocenters. The molecule has 80 valence electrons. The van der Waals surface area contributed by atoms with E-state index >= 15 is 0 Å². The molecule has 1 unspecified atom stereocenters. The van der Waals surface area contributed by atoms with Crippen molar-refractivity contribution in [2.45, 2.75) is 6.92 Å². The highest BCUT2D eigenvalue weighted by atomic mass is 32.7. The second-order valence-electron chi connectivity index (χ2n) is 2.42. The largest absolute Gasteiger partial charge is 0.388 e. The summed E-state index contributed by atoms with van der Waals surface area (Å²) in [5.41, 5.74) is 0. The molecule has 0 aliphatic rings. The van der Waals surface area contributed by atoms with Gasteiger partial charge in [-0.1, -0.05) is 0 Å². The topological polar surface area (TPSA) is 35.5 Å². The summed E-state index contributed by atoms with van der Waals surface area (Å²) >= 11 is 1.29. The normalized spacial score (nSPS) is 14.5. The lowest BCUT2D eigenvalue weighted by molar-refractivity contribution is 0.295. The fourth-order valence-corrected chi connectivity index (χ4v) is 4.90. The van der Waals surface area contributed by atoms with Gasteiger partial charge in [0, 0.05) is 20.0 Å². The van der Waals surface area contributed by atoms with Gasteiger partial charge in [0.15, 0.2) is 0 Å². The third-order valence-electron chi connectivity index (χ3n) is 1.62. The molecule has 0 rings (SSSR count). The molecule has 0 heterocycles. The lowest BCUT2D eigenvalue weighted by atomic mass is 10.9. The average Bonchev–Trinajstić information content (AvgIpc) is 2.17. The summed E-state index contributed by atoms with van der Waals surface area (Å²) in [5.74, 6) is 3.11. The smallest absolute Gasteiger partial charge is 0.304 e. The molecule has 0 amide bonds. The summed E-state index contributed by atoms with van der Waals surface area (Å²) in [6, 6.07) is 0. The van der Waals surface area contributed by atoms with E-state index in [1.807, 2.05) is 0 Å². The molecular formula is C7H18O3PS2+. The summed E-state index contributed by atoms with van der Waals surface area (Å²) < 4.78 is 21.1. The van der Waals surface area contributed by atoms with E-state index in [-0.39, 0.29) is 0 Å². The zero-order valence-electron chi connectivity index (χ0n) is 8.61. The van der Waals surface area contributed by atoms with Gasteiger partial charge in [0.25, 0.3) is 0 Å². The maximum atomic E-state index is 11.5. The van der Waals surface area contributed by atoms with Crippen LogP contribution in [-0.4, -0.2) is 37.7 Å². The van der Waals surface area contributed by atoms with E-state index in [2.05, 4.69) is 13.2 Å². The van der Waals surface area contributed by atoms with Crippen molar-refractivity contribution in [1.82, 2.24) is 0 Å². The Balaban J connectivity index is 3.68. The van der Waals surface area contributed by atoms with E-state index in [1.165, 1.54) is 31.4 Å². The van der Waals surface area contributed by atoms with Gasteiger partial charge in [-0.2, -0.15) is 0 Å². The molecule has 0 bridgehead atoms. The van der Waals surface area contributed by atoms with Crippen LogP contribution in [0.15, 0.2) is 0 Å². The van der Waals surface area contributed by atoms with Gasteiger partial charge in [-0.3, -0.25) is 0 Å². The molecule has 0 radical (unpaired) electrons. The molecule has 0 aromatic heterocycles. The minimum atomic E-state index is -2.83. The van der Waals surface area contributed by atoms with Crippen molar-refractivity contribution in [3.8, 4) is 0 Å². The van der Waals surface area contributed by atoms with Crippen LogP contribution in [0.25, 0.3) is 0 Å². The average molecular weight is 245 g/mol. The van der Waals surface area contributed by atoms with Crippen LogP contribution in [0.3, 0.4) is 0 Å². The Morgan fingerprint density at radius 3 is 2.31 bits per heavy atom. The predicted molar refractivity (Wildman–Crippen MR) is 62.8 cm³/mol. The Labute approximate surface area is 87.6 Å². The van der Waals surface area contributed by atoms with Gasteiger partial charge in [-0.25, -0.2) is 4.57 Å². The predicted octanol–water partition coefficient (Wildman–Crippen LogP) is 2.39. The van der Waals surface area contributed by atoms with Gasteiger partial charge in [0.1, 0.15) is 11.5 Å². The molecule has 0 aliphatic heterocycles. The molecule has 0 spiro atoms. The van der Waals surface area contributed by atoms with Crippen molar-refractivity contribution in [2.75, 3.05) is 37.7 Å². The van der Waals surface area contributed by atoms with Crippen molar-refractivity contribution >= 4 is 29.1 Å². The molecule has 0 aromatic carbocycles. The Bertz CT molecular complexity index is 169. The molecular weight excluding hydrogens is 227 g/mol. The van der Waals surface area contributed by atoms with Crippen LogP contribution in [0.5, 0.6) is 0 Å². The van der Waals surface area contributed by atoms with Crippen LogP contribution in [0.4, 0.5) is 0 Å². The summed E-state index contributed by atoms with van der Waals surface area (Å²) in [4.78, 5) is 0. The lowest BCUT2D eigenvalue weighted by Gasteiger charge is -2.11. The fraction of sp³-hybridized carbons (Fsp3) is 1.00. The highest BCUT2D eigenvalue weighted by Crippen LogP contribution is 2.59. The van der Waals surface area contributed by atoms with Gasteiger partial charge in [-0.15, -0.1) is 0 Å². The monoisotopic (exact) mass is 245 g/mol. The van der Waals surface area contributed by atoms with Crippen molar-refractivity contribution in [2.24, 2.45) is 0 Å². The van der Waals surface area contributed by atoms with Gasteiger partial charge < -0.3 is 9.05 Å². The molecule has 0 saturated heterocycles. The number of rotatable bonds is 7. The minimum absolute atomic E-state index is 0.431. The molecule has 0 saturated carbocycles. The quantitative estimate of drug-likeness (QED) is 0.509. The van der Waals surface area contributed by atoms with E-state index in [0.29, 0.717) is 10.9 Å². The maximum Gasteiger partial charge on any atom is 0.388 e. The molecule has 6 heteroatoms. The lowest BCUT2D eigenvalue weighted by Crippen LogP contribution is -2.09. The summed E-state index contributed by atoms with van der Waals surface area (Å²) in [7, 11) is 3.27. The highest BCUT2D eigenvalue weighted by Gasteiger charge is 2.22. The van der Waals surface area contributed by atoms with E-state index in [1.54, 1.807) is 0 Å². The fourth-order valence-electron chi connectivity index (χ4n) is 0.616. The van der Waals surface area contributed by atoms with Gasteiger partial charge in [-0.05, 0) is 29.2 Å². The zero-order chi connectivity index (χ0) is 10.3. The third kappa shape index (κ3) is 6.02. The second kappa shape index (κ2) is 7.18. The van der Waals surface area contributed by atoms with Gasteiger partial charge in [0.2, 0.25) is 0 Å². The van der Waals surface area contributed by atoms with Crippen LogP contribution in [0.1, 0.15) is 6.92 Å². The molecule has 0 N–H and O–H groups in total. The summed E-state index contributed by atoms with van der Waals surface area (Å²) in [6.45, 7) is -0.660. The van der Waals surface area contributed by atoms with Gasteiger partial charge >= 0.3 is 6.80 Å². The van der Waals surface area contributed by atoms with Crippen molar-refractivity contribution in [3.63, 3.8) is 0 Å². The standard InChI is InChI=1S/C7H18O3PS2/c1-5-13(4)7-6-12-11(8,9-2)10-3/h5-7H2,1-4H3/q+1. The van der Waals surface area contributed by atoms with Crippen molar-refractivity contribution in [1.29, 1.82) is 0 Å². The van der Waals surface area contributed by atoms with Gasteiger partial charge in [0.05, 0.1) is 6.26 Å². The van der Waals surface area contributed by atoms with Crippen LogP contribution in [-0.2, 0) is 24.5 Å². The van der Waals surface area contributed by atoms with Crippen LogP contribution in [0, 0.1) is 0 Å². The Kier molecular flexibility index (Phi) is 7.65. The van der Waals surface area contributed by atoms with Crippen molar-refractivity contribution in [3.05, 3.63) is 0 Å². The second-order valence-corrected chi connectivity index (χ2v) is 9.38. The molecule has 3 nitrogen and oxygen atoms in total. The van der Waals surface area contributed by atoms with E-state index in [4.69, 9.17) is 9.05 Å². The minimum Gasteiger partial charge on any atom is -0.304 e.